The van der Waals surface area contributed by atoms with Gasteiger partial charge in [-0.1, -0.05) is 25.7 Å². The predicted molar refractivity (Wildman–Crippen MR) is 75.5 cm³/mol. The van der Waals surface area contributed by atoms with Crippen molar-refractivity contribution < 1.29 is 4.79 Å². The lowest BCUT2D eigenvalue weighted by Crippen LogP contribution is -2.08. The predicted octanol–water partition coefficient (Wildman–Crippen LogP) is 3.71. The minimum atomic E-state index is 0.440. The average molecular weight is 275 g/mol. The number of aldehydes is 1. The van der Waals surface area contributed by atoms with E-state index in [-0.39, 0.29) is 0 Å². The molecule has 2 aromatic rings. The molecule has 5 heteroatoms. The van der Waals surface area contributed by atoms with E-state index < -0.39 is 0 Å². The molecular weight excluding hydrogens is 258 g/mol. The summed E-state index contributed by atoms with van der Waals surface area (Å²) in [6, 6.07) is 0.440. The van der Waals surface area contributed by atoms with E-state index in [9.17, 15) is 4.79 Å². The summed E-state index contributed by atoms with van der Waals surface area (Å²) in [6.45, 7) is 0. The number of carbonyl (C=O) groups is 1. The molecule has 19 heavy (non-hydrogen) atoms. The fourth-order valence-corrected chi connectivity index (χ4v) is 3.35. The Hall–Kier alpha value is -1.49. The number of thiazole rings is 1. The van der Waals surface area contributed by atoms with E-state index in [2.05, 4.69) is 10.1 Å². The fourth-order valence-electron chi connectivity index (χ4n) is 2.71. The Labute approximate surface area is 116 Å². The summed E-state index contributed by atoms with van der Waals surface area (Å²) < 4.78 is 1.99. The van der Waals surface area contributed by atoms with Gasteiger partial charge in [-0.05, 0) is 12.8 Å². The Kier molecular flexibility index (Phi) is 3.73. The molecule has 4 nitrogen and oxygen atoms in total. The summed E-state index contributed by atoms with van der Waals surface area (Å²) in [5, 5.41) is 7.36. The van der Waals surface area contributed by atoms with Crippen LogP contribution in [0, 0.1) is 0 Å². The van der Waals surface area contributed by atoms with E-state index in [1.165, 1.54) is 37.0 Å². The quantitative estimate of drug-likeness (QED) is 0.633. The van der Waals surface area contributed by atoms with E-state index in [1.54, 1.807) is 6.20 Å². The first kappa shape index (κ1) is 12.5. The molecule has 0 atom stereocenters. The molecule has 0 aromatic carbocycles. The summed E-state index contributed by atoms with van der Waals surface area (Å²) >= 11 is 1.52. The molecule has 0 radical (unpaired) electrons. The van der Waals surface area contributed by atoms with Gasteiger partial charge in [-0.2, -0.15) is 5.10 Å². The lowest BCUT2D eigenvalue weighted by molar-refractivity contribution is 0.112. The third-order valence-electron chi connectivity index (χ3n) is 3.72. The molecule has 1 aliphatic rings. The van der Waals surface area contributed by atoms with Crippen LogP contribution in [0.3, 0.4) is 0 Å². The molecule has 1 saturated carbocycles. The highest BCUT2D eigenvalue weighted by Gasteiger charge is 2.19. The summed E-state index contributed by atoms with van der Waals surface area (Å²) in [7, 11) is 0. The van der Waals surface area contributed by atoms with Crippen molar-refractivity contribution >= 4 is 17.6 Å². The molecule has 2 heterocycles. The molecule has 2 aromatic heterocycles. The smallest absolute Gasteiger partial charge is 0.153 e. The van der Waals surface area contributed by atoms with Crippen LogP contribution in [0.4, 0.5) is 0 Å². The molecule has 0 saturated heterocycles. The Balaban J connectivity index is 1.92. The van der Waals surface area contributed by atoms with E-state index in [0.29, 0.717) is 11.6 Å². The monoisotopic (exact) mass is 275 g/mol. The highest BCUT2D eigenvalue weighted by Crippen LogP contribution is 2.30. The second-order valence-corrected chi connectivity index (χ2v) is 5.91. The zero-order chi connectivity index (χ0) is 13.1. The van der Waals surface area contributed by atoms with E-state index in [4.69, 9.17) is 0 Å². The molecular formula is C14H17N3OS. The molecule has 0 unspecified atom stereocenters. The van der Waals surface area contributed by atoms with Crippen molar-refractivity contribution in [3.05, 3.63) is 23.3 Å². The van der Waals surface area contributed by atoms with Gasteiger partial charge in [0.25, 0.3) is 0 Å². The molecule has 3 rings (SSSR count). The highest BCUT2D eigenvalue weighted by atomic mass is 32.1. The van der Waals surface area contributed by atoms with E-state index in [0.717, 1.165) is 29.8 Å². The van der Waals surface area contributed by atoms with Gasteiger partial charge in [0, 0.05) is 17.8 Å². The molecule has 1 fully saturated rings. The first-order chi connectivity index (χ1) is 9.38. The van der Waals surface area contributed by atoms with Crippen LogP contribution >= 0.6 is 11.3 Å². The Morgan fingerprint density at radius 3 is 2.68 bits per heavy atom. The van der Waals surface area contributed by atoms with Crippen LogP contribution in [0.5, 0.6) is 0 Å². The first-order valence-corrected chi connectivity index (χ1v) is 7.70. The van der Waals surface area contributed by atoms with Crippen molar-refractivity contribution in [3.8, 4) is 10.7 Å². The zero-order valence-electron chi connectivity index (χ0n) is 10.8. The minimum absolute atomic E-state index is 0.440. The normalized spacial score (nSPS) is 17.3. The van der Waals surface area contributed by atoms with Crippen LogP contribution in [0.2, 0.25) is 0 Å². The summed E-state index contributed by atoms with van der Waals surface area (Å²) in [4.78, 5) is 15.5. The van der Waals surface area contributed by atoms with Crippen LogP contribution in [0.25, 0.3) is 10.7 Å². The average Bonchev–Trinajstić information content (AvgIpc) is 3.02. The molecule has 0 N–H and O–H groups in total. The number of aromatic nitrogens is 3. The molecule has 0 spiro atoms. The number of carbonyl (C=O) groups excluding carboxylic acids is 1. The highest BCUT2D eigenvalue weighted by molar-refractivity contribution is 7.13. The number of hydrogen-bond donors (Lipinski definition) is 0. The van der Waals surface area contributed by atoms with Gasteiger partial charge in [-0.15, -0.1) is 11.3 Å². The lowest BCUT2D eigenvalue weighted by atomic mass is 10.1. The number of rotatable bonds is 3. The van der Waals surface area contributed by atoms with Crippen LogP contribution in [-0.2, 0) is 0 Å². The van der Waals surface area contributed by atoms with E-state index in [1.807, 2.05) is 16.3 Å². The summed E-state index contributed by atoms with van der Waals surface area (Å²) in [5.74, 6) is 0. The first-order valence-electron chi connectivity index (χ1n) is 6.82. The summed E-state index contributed by atoms with van der Waals surface area (Å²) in [6.07, 6.45) is 12.0. The maximum absolute atomic E-state index is 11.2. The van der Waals surface area contributed by atoms with Crippen molar-refractivity contribution in [2.24, 2.45) is 0 Å². The lowest BCUT2D eigenvalue weighted by Gasteiger charge is -2.14. The fraction of sp³-hybridized carbons (Fsp3) is 0.500. The van der Waals surface area contributed by atoms with Gasteiger partial charge in [0.05, 0.1) is 11.6 Å². The van der Waals surface area contributed by atoms with Gasteiger partial charge in [-0.3, -0.25) is 9.48 Å². The standard InChI is InChI=1S/C14H17N3OS/c18-10-11-9-17(12-5-3-1-2-4-6-12)16-13(11)14-15-7-8-19-14/h7-10,12H,1-6H2. The molecule has 1 aliphatic carbocycles. The van der Waals surface area contributed by atoms with Gasteiger partial charge in [-0.25, -0.2) is 4.98 Å². The maximum atomic E-state index is 11.2. The second-order valence-electron chi connectivity index (χ2n) is 5.01. The van der Waals surface area contributed by atoms with Gasteiger partial charge < -0.3 is 0 Å². The van der Waals surface area contributed by atoms with Gasteiger partial charge in [0.2, 0.25) is 0 Å². The maximum Gasteiger partial charge on any atom is 0.153 e. The van der Waals surface area contributed by atoms with E-state index >= 15 is 0 Å². The SMILES string of the molecule is O=Cc1cn(C2CCCCCC2)nc1-c1nccs1. The van der Waals surface area contributed by atoms with Gasteiger partial charge >= 0.3 is 0 Å². The van der Waals surface area contributed by atoms with Crippen molar-refractivity contribution in [3.63, 3.8) is 0 Å². The van der Waals surface area contributed by atoms with Gasteiger partial charge in [0.1, 0.15) is 10.7 Å². The van der Waals surface area contributed by atoms with Crippen LogP contribution < -0.4 is 0 Å². The molecule has 100 valence electrons. The number of hydrogen-bond acceptors (Lipinski definition) is 4. The van der Waals surface area contributed by atoms with Crippen molar-refractivity contribution in [2.75, 3.05) is 0 Å². The van der Waals surface area contributed by atoms with Crippen molar-refractivity contribution in [1.82, 2.24) is 14.8 Å². The van der Waals surface area contributed by atoms with Crippen molar-refractivity contribution in [2.45, 2.75) is 44.6 Å². The number of nitrogens with zero attached hydrogens (tertiary/aromatic N) is 3. The third kappa shape index (κ3) is 2.61. The molecule has 0 amide bonds. The largest absolute Gasteiger partial charge is 0.298 e. The Morgan fingerprint density at radius 1 is 1.26 bits per heavy atom. The second kappa shape index (κ2) is 5.65. The van der Waals surface area contributed by atoms with Gasteiger partial charge in [0.15, 0.2) is 6.29 Å². The molecule has 0 aliphatic heterocycles. The van der Waals surface area contributed by atoms with Crippen LogP contribution in [0.1, 0.15) is 54.9 Å². The molecule has 0 bridgehead atoms. The Morgan fingerprint density at radius 2 is 2.05 bits per heavy atom. The Bertz CT molecular complexity index is 539. The zero-order valence-corrected chi connectivity index (χ0v) is 11.6. The third-order valence-corrected chi connectivity index (χ3v) is 4.50. The minimum Gasteiger partial charge on any atom is -0.298 e. The van der Waals surface area contributed by atoms with Crippen LogP contribution in [0.15, 0.2) is 17.8 Å². The van der Waals surface area contributed by atoms with Crippen LogP contribution in [-0.4, -0.2) is 21.1 Å². The summed E-state index contributed by atoms with van der Waals surface area (Å²) in [5.41, 5.74) is 1.38. The van der Waals surface area contributed by atoms with Crippen molar-refractivity contribution in [1.29, 1.82) is 0 Å². The topological polar surface area (TPSA) is 47.8 Å².